The highest BCUT2D eigenvalue weighted by molar-refractivity contribution is 5.98. The van der Waals surface area contributed by atoms with E-state index in [4.69, 9.17) is 4.42 Å². The van der Waals surface area contributed by atoms with Crippen LogP contribution in [0.5, 0.6) is 0 Å². The quantitative estimate of drug-likeness (QED) is 0.722. The highest BCUT2D eigenvalue weighted by Gasteiger charge is 2.32. The van der Waals surface area contributed by atoms with Crippen LogP contribution in [-0.2, 0) is 4.79 Å². The van der Waals surface area contributed by atoms with E-state index >= 15 is 0 Å². The Morgan fingerprint density at radius 3 is 2.57 bits per heavy atom. The summed E-state index contributed by atoms with van der Waals surface area (Å²) in [6.07, 6.45) is 1.61. The monoisotopic (exact) mass is 403 g/mol. The number of hydrogen-bond acceptors (Lipinski definition) is 4. The molecule has 1 aliphatic heterocycles. The second-order valence-corrected chi connectivity index (χ2v) is 7.66. The highest BCUT2D eigenvalue weighted by atomic mass is 16.3. The Morgan fingerprint density at radius 1 is 1.03 bits per heavy atom. The number of nitrogens with zero attached hydrogens (tertiary/aromatic N) is 2. The van der Waals surface area contributed by atoms with E-state index in [1.165, 1.54) is 0 Å². The van der Waals surface area contributed by atoms with Crippen LogP contribution >= 0.6 is 0 Å². The summed E-state index contributed by atoms with van der Waals surface area (Å²) < 4.78 is 5.44. The second-order valence-electron chi connectivity index (χ2n) is 7.66. The van der Waals surface area contributed by atoms with E-state index < -0.39 is 6.04 Å². The summed E-state index contributed by atoms with van der Waals surface area (Å²) in [5, 5.41) is 2.97. The predicted molar refractivity (Wildman–Crippen MR) is 116 cm³/mol. The molecule has 1 N–H and O–H groups in total. The van der Waals surface area contributed by atoms with Gasteiger partial charge in [0.05, 0.1) is 6.26 Å². The van der Waals surface area contributed by atoms with Gasteiger partial charge in [0.2, 0.25) is 5.91 Å². The van der Waals surface area contributed by atoms with E-state index in [9.17, 15) is 9.59 Å². The summed E-state index contributed by atoms with van der Waals surface area (Å²) in [7, 11) is 1.92. The number of aryl methyl sites for hydroxylation is 1. The van der Waals surface area contributed by atoms with Gasteiger partial charge in [-0.2, -0.15) is 0 Å². The summed E-state index contributed by atoms with van der Waals surface area (Å²) >= 11 is 0. The van der Waals surface area contributed by atoms with Crippen LogP contribution in [0, 0.1) is 6.92 Å². The number of carbonyl (C=O) groups is 2. The van der Waals surface area contributed by atoms with Crippen molar-refractivity contribution in [2.45, 2.75) is 13.0 Å². The molecular weight excluding hydrogens is 378 g/mol. The lowest BCUT2D eigenvalue weighted by atomic mass is 10.1. The maximum atomic E-state index is 13.1. The molecule has 1 aliphatic rings. The summed E-state index contributed by atoms with van der Waals surface area (Å²) in [4.78, 5) is 29.8. The van der Waals surface area contributed by atoms with Gasteiger partial charge in [-0.1, -0.05) is 29.8 Å². The number of piperazine rings is 1. The number of hydrogen-bond donors (Lipinski definition) is 1. The standard InChI is InChI=1S/C24H25N3O3/c1-17-8-10-20(11-9-17)25-23(28)21-16-27(13-12-26(21)2)24(29)19-6-3-5-18(15-19)22-7-4-14-30-22/h3-11,14-15,21H,12-13,16H2,1-2H3,(H,25,28). The number of furan rings is 1. The van der Waals surface area contributed by atoms with Crippen LogP contribution in [0.4, 0.5) is 5.69 Å². The van der Waals surface area contributed by atoms with Crippen molar-refractivity contribution in [2.75, 3.05) is 32.0 Å². The fourth-order valence-corrected chi connectivity index (χ4v) is 3.63. The van der Waals surface area contributed by atoms with Crippen LogP contribution < -0.4 is 5.32 Å². The Kier molecular flexibility index (Phi) is 5.68. The Morgan fingerprint density at radius 2 is 1.83 bits per heavy atom. The van der Waals surface area contributed by atoms with Crippen LogP contribution in [0.15, 0.2) is 71.3 Å². The van der Waals surface area contributed by atoms with Gasteiger partial charge in [-0.05, 0) is 50.4 Å². The minimum atomic E-state index is -0.405. The van der Waals surface area contributed by atoms with Crippen LogP contribution in [0.3, 0.4) is 0 Å². The van der Waals surface area contributed by atoms with Crippen molar-refractivity contribution in [3.8, 4) is 11.3 Å². The maximum Gasteiger partial charge on any atom is 0.253 e. The number of nitrogens with one attached hydrogen (secondary N) is 1. The Labute approximate surface area is 176 Å². The average Bonchev–Trinajstić information content (AvgIpc) is 3.30. The van der Waals surface area contributed by atoms with Crippen LogP contribution in [0.2, 0.25) is 0 Å². The van der Waals surface area contributed by atoms with Gasteiger partial charge in [0, 0.05) is 36.4 Å². The second kappa shape index (κ2) is 8.55. The van der Waals surface area contributed by atoms with Crippen LogP contribution in [0.25, 0.3) is 11.3 Å². The number of anilines is 1. The van der Waals surface area contributed by atoms with Crippen molar-refractivity contribution in [3.05, 3.63) is 78.1 Å². The van der Waals surface area contributed by atoms with Gasteiger partial charge in [0.1, 0.15) is 11.8 Å². The Balaban J connectivity index is 1.47. The predicted octanol–water partition coefficient (Wildman–Crippen LogP) is 3.65. The van der Waals surface area contributed by atoms with Crippen molar-refractivity contribution >= 4 is 17.5 Å². The molecule has 0 bridgehead atoms. The van der Waals surface area contributed by atoms with Gasteiger partial charge >= 0.3 is 0 Å². The van der Waals surface area contributed by atoms with Crippen LogP contribution in [-0.4, -0.2) is 54.3 Å². The molecule has 6 nitrogen and oxygen atoms in total. The van der Waals surface area contributed by atoms with E-state index in [0.717, 1.165) is 22.6 Å². The van der Waals surface area contributed by atoms with Gasteiger partial charge in [-0.15, -0.1) is 0 Å². The molecule has 1 unspecified atom stereocenters. The Bertz CT molecular complexity index is 1030. The first-order chi connectivity index (χ1) is 14.5. The summed E-state index contributed by atoms with van der Waals surface area (Å²) in [5.74, 6) is 0.534. The van der Waals surface area contributed by atoms with Crippen molar-refractivity contribution < 1.29 is 14.0 Å². The largest absolute Gasteiger partial charge is 0.464 e. The molecule has 3 aromatic rings. The fraction of sp³-hybridized carbons (Fsp3) is 0.250. The molecule has 1 saturated heterocycles. The van der Waals surface area contributed by atoms with E-state index in [1.807, 2.05) is 73.5 Å². The van der Waals surface area contributed by atoms with Gasteiger partial charge < -0.3 is 14.6 Å². The molecule has 0 saturated carbocycles. The SMILES string of the molecule is Cc1ccc(NC(=O)C2CN(C(=O)c3cccc(-c4ccco4)c3)CCN2C)cc1. The summed E-state index contributed by atoms with van der Waals surface area (Å²) in [5.41, 5.74) is 3.34. The lowest BCUT2D eigenvalue weighted by Gasteiger charge is -2.38. The maximum absolute atomic E-state index is 13.1. The van der Waals surface area contributed by atoms with E-state index in [0.29, 0.717) is 25.2 Å². The molecule has 0 radical (unpaired) electrons. The van der Waals surface area contributed by atoms with Gasteiger partial charge in [0.25, 0.3) is 5.91 Å². The molecule has 2 aromatic carbocycles. The third-order valence-corrected chi connectivity index (χ3v) is 5.47. The highest BCUT2D eigenvalue weighted by Crippen LogP contribution is 2.22. The molecule has 1 aromatic heterocycles. The van der Waals surface area contributed by atoms with Gasteiger partial charge in [-0.3, -0.25) is 14.5 Å². The summed E-state index contributed by atoms with van der Waals surface area (Å²) in [6, 6.07) is 18.4. The third-order valence-electron chi connectivity index (χ3n) is 5.47. The van der Waals surface area contributed by atoms with Gasteiger partial charge in [0.15, 0.2) is 0 Å². The topological polar surface area (TPSA) is 65.8 Å². The van der Waals surface area contributed by atoms with Crippen molar-refractivity contribution in [1.82, 2.24) is 9.80 Å². The molecule has 2 amide bonds. The zero-order chi connectivity index (χ0) is 21.1. The molecule has 154 valence electrons. The molecule has 0 aliphatic carbocycles. The number of carbonyl (C=O) groups excluding carboxylic acids is 2. The lowest BCUT2D eigenvalue weighted by Crippen LogP contribution is -2.57. The molecule has 1 atom stereocenters. The first-order valence-electron chi connectivity index (χ1n) is 10.0. The molecule has 2 heterocycles. The smallest absolute Gasteiger partial charge is 0.253 e. The molecule has 0 spiro atoms. The normalized spacial score (nSPS) is 17.0. The fourth-order valence-electron chi connectivity index (χ4n) is 3.63. The lowest BCUT2D eigenvalue weighted by molar-refractivity contribution is -0.122. The number of likely N-dealkylation sites (N-methyl/N-ethyl adjacent to an activating group) is 1. The van der Waals surface area contributed by atoms with Crippen molar-refractivity contribution in [2.24, 2.45) is 0 Å². The average molecular weight is 403 g/mol. The minimum Gasteiger partial charge on any atom is -0.464 e. The number of benzene rings is 2. The first kappa shape index (κ1) is 19.9. The van der Waals surface area contributed by atoms with Crippen molar-refractivity contribution in [3.63, 3.8) is 0 Å². The molecule has 4 rings (SSSR count). The first-order valence-corrected chi connectivity index (χ1v) is 10.0. The zero-order valence-electron chi connectivity index (χ0n) is 17.2. The minimum absolute atomic E-state index is 0.0790. The zero-order valence-corrected chi connectivity index (χ0v) is 17.2. The molecule has 6 heteroatoms. The van der Waals surface area contributed by atoms with E-state index in [-0.39, 0.29) is 11.8 Å². The van der Waals surface area contributed by atoms with Crippen molar-refractivity contribution in [1.29, 1.82) is 0 Å². The molecule has 1 fully saturated rings. The Hall–Kier alpha value is -3.38. The van der Waals surface area contributed by atoms with E-state index in [2.05, 4.69) is 5.32 Å². The van der Waals surface area contributed by atoms with Gasteiger partial charge in [-0.25, -0.2) is 0 Å². The number of amides is 2. The summed E-state index contributed by atoms with van der Waals surface area (Å²) in [6.45, 7) is 3.56. The number of rotatable bonds is 4. The molecular formula is C24H25N3O3. The van der Waals surface area contributed by atoms with Crippen LogP contribution in [0.1, 0.15) is 15.9 Å². The molecule has 30 heavy (non-hydrogen) atoms. The van der Waals surface area contributed by atoms with E-state index in [1.54, 1.807) is 17.2 Å². The third kappa shape index (κ3) is 4.28.